The molecule has 4 heterocycles. The fourth-order valence-electron chi connectivity index (χ4n) is 5.28. The number of nitrogens with one attached hydrogen (secondary N) is 2. The standard InChI is InChI=1S/C34H31FN6O4/c1-40-15-12-24(13-16-40)39-34(44)29-17-26-30(18-37-29)36-14-11-31(26)45-25-9-7-23(8-10-25)38-33(43)28-20-41(2)19-27(32(28)42)21-3-5-22(35)6-4-21/h3-11,14,17-20,24H,12-13,15-16H2,1-2H3,(H,38,43)(H,39,44). The molecule has 3 aromatic heterocycles. The largest absolute Gasteiger partial charge is 0.457 e. The SMILES string of the molecule is CN1CCC(NC(=O)c2cc3c(Oc4ccc(NC(=O)c5cn(C)cc(-c6ccc(F)cc6)c5=O)cc4)ccnc3cn2)CC1. The third-order valence-electron chi connectivity index (χ3n) is 7.77. The van der Waals surface area contributed by atoms with Crippen molar-refractivity contribution >= 4 is 28.4 Å². The summed E-state index contributed by atoms with van der Waals surface area (Å²) >= 11 is 0. The first-order chi connectivity index (χ1) is 21.7. The summed E-state index contributed by atoms with van der Waals surface area (Å²) in [6.45, 7) is 1.87. The number of aryl methyl sites for hydroxylation is 1. The summed E-state index contributed by atoms with van der Waals surface area (Å²) in [5.74, 6) is -0.245. The lowest BCUT2D eigenvalue weighted by molar-refractivity contribution is 0.0911. The van der Waals surface area contributed by atoms with E-state index in [1.165, 1.54) is 30.5 Å². The molecule has 1 aliphatic heterocycles. The van der Waals surface area contributed by atoms with E-state index in [0.29, 0.717) is 33.7 Å². The molecule has 0 atom stereocenters. The summed E-state index contributed by atoms with van der Waals surface area (Å²) in [5, 5.41) is 6.48. The molecular formula is C34H31FN6O4. The monoisotopic (exact) mass is 606 g/mol. The Labute approximate surface area is 258 Å². The number of benzene rings is 2. The topological polar surface area (TPSA) is 118 Å². The molecule has 1 aliphatic rings. The third kappa shape index (κ3) is 6.73. The Kier molecular flexibility index (Phi) is 8.35. The predicted octanol–water partition coefficient (Wildman–Crippen LogP) is 5.00. The average Bonchev–Trinajstić information content (AvgIpc) is 3.04. The molecule has 5 aromatic rings. The van der Waals surface area contributed by atoms with Gasteiger partial charge in [-0.2, -0.15) is 0 Å². The number of carbonyl (C=O) groups is 2. The lowest BCUT2D eigenvalue weighted by atomic mass is 10.0. The molecule has 1 fully saturated rings. The van der Waals surface area contributed by atoms with E-state index in [4.69, 9.17) is 4.74 Å². The van der Waals surface area contributed by atoms with Crippen LogP contribution in [0, 0.1) is 5.82 Å². The van der Waals surface area contributed by atoms with E-state index in [1.54, 1.807) is 66.6 Å². The molecule has 0 unspecified atom stereocenters. The Morgan fingerprint density at radius 1 is 0.933 bits per heavy atom. The maximum Gasteiger partial charge on any atom is 0.270 e. The zero-order valence-electron chi connectivity index (χ0n) is 24.8. The van der Waals surface area contributed by atoms with Crippen LogP contribution in [0.4, 0.5) is 10.1 Å². The van der Waals surface area contributed by atoms with Gasteiger partial charge in [-0.3, -0.25) is 19.4 Å². The summed E-state index contributed by atoms with van der Waals surface area (Å²) in [4.78, 5) is 50.1. The van der Waals surface area contributed by atoms with Crippen molar-refractivity contribution in [1.29, 1.82) is 0 Å². The average molecular weight is 607 g/mol. The number of halogens is 1. The van der Waals surface area contributed by atoms with E-state index >= 15 is 0 Å². The Bertz CT molecular complexity index is 1930. The molecule has 6 rings (SSSR count). The number of hydrogen-bond acceptors (Lipinski definition) is 7. The number of ether oxygens (including phenoxy) is 1. The number of carbonyl (C=O) groups excluding carboxylic acids is 2. The zero-order valence-corrected chi connectivity index (χ0v) is 24.8. The Morgan fingerprint density at radius 2 is 1.67 bits per heavy atom. The second kappa shape index (κ2) is 12.7. The molecule has 11 heteroatoms. The molecule has 2 N–H and O–H groups in total. The Balaban J connectivity index is 1.16. The van der Waals surface area contributed by atoms with Crippen LogP contribution < -0.4 is 20.8 Å². The van der Waals surface area contributed by atoms with Gasteiger partial charge in [0.05, 0.1) is 11.7 Å². The lowest BCUT2D eigenvalue weighted by Crippen LogP contribution is -2.43. The predicted molar refractivity (Wildman–Crippen MR) is 169 cm³/mol. The van der Waals surface area contributed by atoms with Crippen LogP contribution in [-0.4, -0.2) is 57.4 Å². The molecule has 0 bridgehead atoms. The van der Waals surface area contributed by atoms with Crippen LogP contribution in [0.15, 0.2) is 90.2 Å². The van der Waals surface area contributed by atoms with Gasteiger partial charge < -0.3 is 24.8 Å². The van der Waals surface area contributed by atoms with E-state index in [9.17, 15) is 18.8 Å². The fourth-order valence-corrected chi connectivity index (χ4v) is 5.28. The number of pyridine rings is 3. The number of amides is 2. The number of piperidine rings is 1. The number of fused-ring (bicyclic) bond motifs is 1. The number of anilines is 1. The van der Waals surface area contributed by atoms with Crippen LogP contribution in [0.1, 0.15) is 33.7 Å². The van der Waals surface area contributed by atoms with Crippen LogP contribution in [0.3, 0.4) is 0 Å². The first-order valence-electron chi connectivity index (χ1n) is 14.5. The normalized spacial score (nSPS) is 13.8. The highest BCUT2D eigenvalue weighted by molar-refractivity contribution is 6.04. The highest BCUT2D eigenvalue weighted by atomic mass is 19.1. The summed E-state index contributed by atoms with van der Waals surface area (Å²) in [7, 11) is 3.78. The van der Waals surface area contributed by atoms with Gasteiger partial charge in [-0.1, -0.05) is 12.1 Å². The number of likely N-dealkylation sites (tertiary alicyclic amines) is 1. The Hall–Kier alpha value is -5.42. The van der Waals surface area contributed by atoms with Gasteiger partial charge in [0, 0.05) is 48.3 Å². The van der Waals surface area contributed by atoms with Crippen molar-refractivity contribution < 1.29 is 18.7 Å². The molecule has 0 spiro atoms. The van der Waals surface area contributed by atoms with E-state index in [2.05, 4.69) is 32.5 Å². The first kappa shape index (κ1) is 29.6. The lowest BCUT2D eigenvalue weighted by Gasteiger charge is -2.29. The van der Waals surface area contributed by atoms with Gasteiger partial charge in [-0.15, -0.1) is 0 Å². The number of rotatable bonds is 7. The van der Waals surface area contributed by atoms with Gasteiger partial charge >= 0.3 is 0 Å². The molecule has 1 saturated heterocycles. The van der Waals surface area contributed by atoms with Gasteiger partial charge in [-0.25, -0.2) is 9.37 Å². The molecule has 2 amide bonds. The molecule has 2 aromatic carbocycles. The third-order valence-corrected chi connectivity index (χ3v) is 7.77. The summed E-state index contributed by atoms with van der Waals surface area (Å²) in [5.41, 5.74) is 1.61. The van der Waals surface area contributed by atoms with Crippen molar-refractivity contribution in [3.8, 4) is 22.6 Å². The molecular weight excluding hydrogens is 575 g/mol. The maximum atomic E-state index is 13.4. The molecule has 228 valence electrons. The van der Waals surface area contributed by atoms with Gasteiger partial charge in [0.25, 0.3) is 11.8 Å². The van der Waals surface area contributed by atoms with Crippen LogP contribution in [0.5, 0.6) is 11.5 Å². The zero-order chi connectivity index (χ0) is 31.5. The number of aromatic nitrogens is 3. The quantitative estimate of drug-likeness (QED) is 0.268. The van der Waals surface area contributed by atoms with Crippen LogP contribution in [-0.2, 0) is 7.05 Å². The van der Waals surface area contributed by atoms with Gasteiger partial charge in [0.1, 0.15) is 28.6 Å². The number of nitrogens with zero attached hydrogens (tertiary/aromatic N) is 4. The van der Waals surface area contributed by atoms with Crippen molar-refractivity contribution in [3.05, 3.63) is 113 Å². The maximum absolute atomic E-state index is 13.4. The van der Waals surface area contributed by atoms with Crippen molar-refractivity contribution in [2.75, 3.05) is 25.5 Å². The van der Waals surface area contributed by atoms with Gasteiger partial charge in [0.15, 0.2) is 0 Å². The summed E-state index contributed by atoms with van der Waals surface area (Å²) in [6.07, 6.45) is 7.99. The minimum atomic E-state index is -0.577. The minimum Gasteiger partial charge on any atom is -0.457 e. The van der Waals surface area contributed by atoms with Gasteiger partial charge in [0.2, 0.25) is 5.43 Å². The molecule has 10 nitrogen and oxygen atoms in total. The van der Waals surface area contributed by atoms with E-state index in [-0.39, 0.29) is 28.8 Å². The minimum absolute atomic E-state index is 0.0489. The summed E-state index contributed by atoms with van der Waals surface area (Å²) < 4.78 is 21.2. The van der Waals surface area contributed by atoms with E-state index in [1.807, 2.05) is 0 Å². The van der Waals surface area contributed by atoms with Crippen LogP contribution >= 0.6 is 0 Å². The molecule has 0 saturated carbocycles. The van der Waals surface area contributed by atoms with E-state index in [0.717, 1.165) is 25.9 Å². The van der Waals surface area contributed by atoms with Crippen molar-refractivity contribution in [2.24, 2.45) is 7.05 Å². The summed E-state index contributed by atoms with van der Waals surface area (Å²) in [6, 6.07) is 15.7. The Morgan fingerprint density at radius 3 is 2.40 bits per heavy atom. The van der Waals surface area contributed by atoms with Crippen LogP contribution in [0.25, 0.3) is 22.0 Å². The highest BCUT2D eigenvalue weighted by Crippen LogP contribution is 2.30. The van der Waals surface area contributed by atoms with Crippen molar-refractivity contribution in [1.82, 2.24) is 24.8 Å². The molecule has 0 radical (unpaired) electrons. The van der Waals surface area contributed by atoms with Crippen molar-refractivity contribution in [3.63, 3.8) is 0 Å². The fraction of sp³-hybridized carbons (Fsp3) is 0.206. The smallest absolute Gasteiger partial charge is 0.270 e. The highest BCUT2D eigenvalue weighted by Gasteiger charge is 2.21. The number of hydrogen-bond donors (Lipinski definition) is 2. The second-order valence-corrected chi connectivity index (χ2v) is 11.1. The second-order valence-electron chi connectivity index (χ2n) is 11.1. The van der Waals surface area contributed by atoms with Crippen LogP contribution in [0.2, 0.25) is 0 Å². The first-order valence-corrected chi connectivity index (χ1v) is 14.5. The van der Waals surface area contributed by atoms with Crippen molar-refractivity contribution in [2.45, 2.75) is 18.9 Å². The van der Waals surface area contributed by atoms with Gasteiger partial charge in [-0.05, 0) is 87.1 Å². The molecule has 0 aliphatic carbocycles. The van der Waals surface area contributed by atoms with E-state index < -0.39 is 17.2 Å². The molecule has 45 heavy (non-hydrogen) atoms.